The van der Waals surface area contributed by atoms with E-state index < -0.39 is 5.41 Å². The van der Waals surface area contributed by atoms with E-state index in [9.17, 15) is 4.79 Å². The summed E-state index contributed by atoms with van der Waals surface area (Å²) in [6, 6.07) is 9.05. The molecule has 0 aromatic heterocycles. The maximum Gasteiger partial charge on any atom is 0.232 e. The van der Waals surface area contributed by atoms with Gasteiger partial charge in [-0.1, -0.05) is 31.2 Å². The molecule has 0 saturated carbocycles. The molecule has 0 radical (unpaired) electrons. The van der Waals surface area contributed by atoms with Crippen LogP contribution in [0.1, 0.15) is 44.7 Å². The van der Waals surface area contributed by atoms with E-state index in [1.165, 1.54) is 5.56 Å². The molecule has 0 aliphatic carbocycles. The van der Waals surface area contributed by atoms with E-state index in [1.807, 2.05) is 25.8 Å². The van der Waals surface area contributed by atoms with Gasteiger partial charge >= 0.3 is 0 Å². The topological polar surface area (TPSA) is 32.3 Å². The molecule has 2 rings (SSSR count). The minimum atomic E-state index is -0.446. The van der Waals surface area contributed by atoms with Crippen LogP contribution in [0.3, 0.4) is 0 Å². The van der Waals surface area contributed by atoms with Crippen LogP contribution in [-0.2, 0) is 16.6 Å². The number of carbonyl (C=O) groups is 1. The Morgan fingerprint density at radius 3 is 2.29 bits per heavy atom. The summed E-state index contributed by atoms with van der Waals surface area (Å²) in [5.41, 5.74) is 1.98. The summed E-state index contributed by atoms with van der Waals surface area (Å²) in [5, 5.41) is 3.31. The van der Waals surface area contributed by atoms with Crippen LogP contribution in [0, 0.1) is 0 Å². The van der Waals surface area contributed by atoms with Gasteiger partial charge in [0.2, 0.25) is 5.91 Å². The Balaban J connectivity index is 2.09. The quantitative estimate of drug-likeness (QED) is 0.924. The average molecular weight is 288 g/mol. The first-order valence-electron chi connectivity index (χ1n) is 8.05. The van der Waals surface area contributed by atoms with Crippen LogP contribution in [0.15, 0.2) is 24.3 Å². The van der Waals surface area contributed by atoms with Gasteiger partial charge in [0.05, 0.1) is 5.41 Å². The molecule has 1 aromatic rings. The molecule has 1 heterocycles. The van der Waals surface area contributed by atoms with E-state index in [2.05, 4.69) is 36.5 Å². The summed E-state index contributed by atoms with van der Waals surface area (Å²) in [7, 11) is 2.00. The number of hydrogen-bond donors (Lipinski definition) is 1. The summed E-state index contributed by atoms with van der Waals surface area (Å²) in [5.74, 6) is 0.251. The third-order valence-corrected chi connectivity index (χ3v) is 4.81. The highest BCUT2D eigenvalue weighted by molar-refractivity contribution is 5.87. The standard InChI is InChI=1S/C18H28N2O/c1-5-14-6-8-15(9-7-14)18(2,3)17(21)20-12-10-16(19-4)11-13-20/h6-9,16,19H,5,10-13H2,1-4H3. The van der Waals surface area contributed by atoms with Crippen molar-refractivity contribution in [2.75, 3.05) is 20.1 Å². The number of carbonyl (C=O) groups excluding carboxylic acids is 1. The number of likely N-dealkylation sites (tertiary alicyclic amines) is 1. The van der Waals surface area contributed by atoms with Crippen molar-refractivity contribution >= 4 is 5.91 Å². The molecule has 1 saturated heterocycles. The van der Waals surface area contributed by atoms with Crippen LogP contribution in [0.2, 0.25) is 0 Å². The lowest BCUT2D eigenvalue weighted by Gasteiger charge is -2.37. The minimum absolute atomic E-state index is 0.251. The predicted octanol–water partition coefficient (Wildman–Crippen LogP) is 2.74. The van der Waals surface area contributed by atoms with E-state index in [0.29, 0.717) is 6.04 Å². The molecule has 1 N–H and O–H groups in total. The number of nitrogens with one attached hydrogen (secondary N) is 1. The number of aryl methyl sites for hydroxylation is 1. The van der Waals surface area contributed by atoms with Crippen LogP contribution in [-0.4, -0.2) is 37.0 Å². The van der Waals surface area contributed by atoms with Crippen molar-refractivity contribution in [1.82, 2.24) is 10.2 Å². The molecule has 3 heteroatoms. The average Bonchev–Trinajstić information content (AvgIpc) is 2.54. The van der Waals surface area contributed by atoms with Crippen molar-refractivity contribution in [3.05, 3.63) is 35.4 Å². The highest BCUT2D eigenvalue weighted by Gasteiger charge is 2.35. The fraction of sp³-hybridized carbons (Fsp3) is 0.611. The number of rotatable bonds is 4. The lowest BCUT2D eigenvalue weighted by Crippen LogP contribution is -2.49. The van der Waals surface area contributed by atoms with Crippen molar-refractivity contribution < 1.29 is 4.79 Å². The van der Waals surface area contributed by atoms with Crippen LogP contribution in [0.5, 0.6) is 0 Å². The zero-order valence-corrected chi connectivity index (χ0v) is 13.8. The monoisotopic (exact) mass is 288 g/mol. The predicted molar refractivity (Wildman–Crippen MR) is 87.5 cm³/mol. The summed E-state index contributed by atoms with van der Waals surface area (Å²) >= 11 is 0. The Labute approximate surface area is 128 Å². The SMILES string of the molecule is CCc1ccc(C(C)(C)C(=O)N2CCC(NC)CC2)cc1. The Kier molecular flexibility index (Phi) is 5.04. The van der Waals surface area contributed by atoms with E-state index >= 15 is 0 Å². The highest BCUT2D eigenvalue weighted by atomic mass is 16.2. The molecule has 0 spiro atoms. The van der Waals surface area contributed by atoms with E-state index in [1.54, 1.807) is 0 Å². The molecule has 1 aromatic carbocycles. The van der Waals surface area contributed by atoms with Gasteiger partial charge in [0, 0.05) is 19.1 Å². The zero-order chi connectivity index (χ0) is 15.5. The van der Waals surface area contributed by atoms with Gasteiger partial charge in [-0.3, -0.25) is 4.79 Å². The molecule has 0 bridgehead atoms. The summed E-state index contributed by atoms with van der Waals surface area (Å²) in [6.07, 6.45) is 3.13. The Morgan fingerprint density at radius 2 is 1.81 bits per heavy atom. The number of amides is 1. The molecule has 1 amide bonds. The van der Waals surface area contributed by atoms with Gasteiger partial charge in [-0.15, -0.1) is 0 Å². The van der Waals surface area contributed by atoms with Crippen LogP contribution < -0.4 is 5.32 Å². The molecule has 21 heavy (non-hydrogen) atoms. The van der Waals surface area contributed by atoms with Crippen molar-refractivity contribution in [2.45, 2.75) is 51.5 Å². The maximum absolute atomic E-state index is 12.9. The van der Waals surface area contributed by atoms with Crippen molar-refractivity contribution in [3.8, 4) is 0 Å². The summed E-state index contributed by atoms with van der Waals surface area (Å²) in [4.78, 5) is 14.9. The largest absolute Gasteiger partial charge is 0.342 e. The van der Waals surface area contributed by atoms with Gasteiger partial charge in [0.15, 0.2) is 0 Å². The second kappa shape index (κ2) is 6.61. The van der Waals surface area contributed by atoms with Crippen LogP contribution in [0.25, 0.3) is 0 Å². The maximum atomic E-state index is 12.9. The first-order valence-corrected chi connectivity index (χ1v) is 8.05. The number of nitrogens with zero attached hydrogens (tertiary/aromatic N) is 1. The van der Waals surface area contributed by atoms with Gasteiger partial charge in [-0.25, -0.2) is 0 Å². The van der Waals surface area contributed by atoms with Crippen LogP contribution in [0.4, 0.5) is 0 Å². The fourth-order valence-corrected chi connectivity index (χ4v) is 3.05. The van der Waals surface area contributed by atoms with Crippen molar-refractivity contribution in [2.24, 2.45) is 0 Å². The molecular weight excluding hydrogens is 260 g/mol. The molecule has 1 fully saturated rings. The number of hydrogen-bond acceptors (Lipinski definition) is 2. The second-order valence-corrected chi connectivity index (χ2v) is 6.53. The summed E-state index contributed by atoms with van der Waals surface area (Å²) < 4.78 is 0. The van der Waals surface area contributed by atoms with E-state index in [-0.39, 0.29) is 5.91 Å². The van der Waals surface area contributed by atoms with E-state index in [0.717, 1.165) is 37.9 Å². The Bertz CT molecular complexity index is 470. The minimum Gasteiger partial charge on any atom is -0.342 e. The van der Waals surface area contributed by atoms with Gasteiger partial charge in [-0.2, -0.15) is 0 Å². The molecule has 116 valence electrons. The van der Waals surface area contributed by atoms with Gasteiger partial charge in [0.25, 0.3) is 0 Å². The van der Waals surface area contributed by atoms with E-state index in [4.69, 9.17) is 0 Å². The Hall–Kier alpha value is -1.35. The lowest BCUT2D eigenvalue weighted by molar-refractivity contribution is -0.137. The fourth-order valence-electron chi connectivity index (χ4n) is 3.05. The molecule has 3 nitrogen and oxygen atoms in total. The third-order valence-electron chi connectivity index (χ3n) is 4.81. The van der Waals surface area contributed by atoms with Gasteiger partial charge in [0.1, 0.15) is 0 Å². The smallest absolute Gasteiger partial charge is 0.232 e. The highest BCUT2D eigenvalue weighted by Crippen LogP contribution is 2.27. The first kappa shape index (κ1) is 16.0. The van der Waals surface area contributed by atoms with Crippen molar-refractivity contribution in [1.29, 1.82) is 0 Å². The summed E-state index contributed by atoms with van der Waals surface area (Å²) in [6.45, 7) is 7.96. The van der Waals surface area contributed by atoms with Crippen LogP contribution >= 0.6 is 0 Å². The normalized spacial score (nSPS) is 17.0. The Morgan fingerprint density at radius 1 is 1.24 bits per heavy atom. The molecule has 1 aliphatic heterocycles. The third kappa shape index (κ3) is 3.46. The number of piperidine rings is 1. The zero-order valence-electron chi connectivity index (χ0n) is 13.8. The van der Waals surface area contributed by atoms with Crippen molar-refractivity contribution in [3.63, 3.8) is 0 Å². The number of benzene rings is 1. The van der Waals surface area contributed by atoms with Gasteiger partial charge in [-0.05, 0) is 51.3 Å². The van der Waals surface area contributed by atoms with Gasteiger partial charge < -0.3 is 10.2 Å². The molecule has 1 aliphatic rings. The molecular formula is C18H28N2O. The first-order chi connectivity index (χ1) is 9.98. The second-order valence-electron chi connectivity index (χ2n) is 6.53. The molecule has 0 unspecified atom stereocenters. The lowest BCUT2D eigenvalue weighted by atomic mass is 9.82. The molecule has 0 atom stereocenters.